The van der Waals surface area contributed by atoms with Gasteiger partial charge in [0.05, 0.1) is 0 Å². The van der Waals surface area contributed by atoms with Gasteiger partial charge in [-0.25, -0.2) is 13.4 Å². The summed E-state index contributed by atoms with van der Waals surface area (Å²) >= 11 is 1.53. The van der Waals surface area contributed by atoms with Crippen molar-refractivity contribution in [1.29, 1.82) is 0 Å². The van der Waals surface area contributed by atoms with Crippen molar-refractivity contribution >= 4 is 27.2 Å². The van der Waals surface area contributed by atoms with Crippen molar-refractivity contribution in [1.82, 2.24) is 9.29 Å². The third kappa shape index (κ3) is 2.94. The van der Waals surface area contributed by atoms with Crippen LogP contribution in [0.2, 0.25) is 0 Å². The standard InChI is InChI=1S/C12H15N3O2S2/c1-2-15(9-10-5-4-8-18-10)19(16,17)11-6-3-7-14-12(11)13/h3-8H,2,9H2,1H3,(H2,13,14). The Balaban J connectivity index is 2.34. The molecule has 0 aliphatic carbocycles. The van der Waals surface area contributed by atoms with Crippen molar-refractivity contribution in [2.45, 2.75) is 18.4 Å². The molecule has 2 aromatic heterocycles. The number of nitrogens with two attached hydrogens (primary N) is 1. The fourth-order valence-corrected chi connectivity index (χ4v) is 4.00. The molecular weight excluding hydrogens is 282 g/mol. The molecule has 0 aromatic carbocycles. The van der Waals surface area contributed by atoms with E-state index in [1.165, 1.54) is 27.9 Å². The van der Waals surface area contributed by atoms with Gasteiger partial charge < -0.3 is 5.73 Å². The van der Waals surface area contributed by atoms with Crippen LogP contribution < -0.4 is 5.73 Å². The molecule has 0 radical (unpaired) electrons. The van der Waals surface area contributed by atoms with Gasteiger partial charge in [-0.2, -0.15) is 4.31 Å². The largest absolute Gasteiger partial charge is 0.383 e. The highest BCUT2D eigenvalue weighted by Crippen LogP contribution is 2.22. The van der Waals surface area contributed by atoms with Crippen molar-refractivity contribution in [3.05, 3.63) is 40.7 Å². The maximum Gasteiger partial charge on any atom is 0.247 e. The lowest BCUT2D eigenvalue weighted by Gasteiger charge is -2.20. The molecule has 2 rings (SSSR count). The van der Waals surface area contributed by atoms with Gasteiger partial charge in [-0.3, -0.25) is 0 Å². The second kappa shape index (κ2) is 5.68. The predicted molar refractivity (Wildman–Crippen MR) is 76.2 cm³/mol. The SMILES string of the molecule is CCN(Cc1cccs1)S(=O)(=O)c1cccnc1N. The third-order valence-corrected chi connectivity index (χ3v) is 5.51. The van der Waals surface area contributed by atoms with Gasteiger partial charge in [0, 0.05) is 24.2 Å². The molecule has 102 valence electrons. The van der Waals surface area contributed by atoms with Crippen LogP contribution in [0.1, 0.15) is 11.8 Å². The van der Waals surface area contributed by atoms with E-state index < -0.39 is 10.0 Å². The average Bonchev–Trinajstić information content (AvgIpc) is 2.89. The van der Waals surface area contributed by atoms with E-state index in [-0.39, 0.29) is 10.7 Å². The molecule has 0 bridgehead atoms. The molecule has 0 saturated heterocycles. The number of hydrogen-bond acceptors (Lipinski definition) is 5. The molecule has 2 N–H and O–H groups in total. The minimum Gasteiger partial charge on any atom is -0.383 e. The van der Waals surface area contributed by atoms with Crippen LogP contribution in [0.25, 0.3) is 0 Å². The summed E-state index contributed by atoms with van der Waals surface area (Å²) < 4.78 is 26.4. The van der Waals surface area contributed by atoms with Crippen molar-refractivity contribution in [2.24, 2.45) is 0 Å². The van der Waals surface area contributed by atoms with Crippen LogP contribution in [-0.2, 0) is 16.6 Å². The van der Waals surface area contributed by atoms with Gasteiger partial charge in [0.1, 0.15) is 10.7 Å². The first kappa shape index (κ1) is 14.0. The normalized spacial score (nSPS) is 11.9. The van der Waals surface area contributed by atoms with E-state index in [0.29, 0.717) is 13.1 Å². The van der Waals surface area contributed by atoms with E-state index in [0.717, 1.165) is 4.88 Å². The van der Waals surface area contributed by atoms with Crippen molar-refractivity contribution < 1.29 is 8.42 Å². The Morgan fingerprint density at radius 3 is 2.74 bits per heavy atom. The molecular formula is C12H15N3O2S2. The van der Waals surface area contributed by atoms with Crippen LogP contribution in [0.5, 0.6) is 0 Å². The summed E-state index contributed by atoms with van der Waals surface area (Å²) in [6.07, 6.45) is 1.48. The molecule has 2 heterocycles. The number of anilines is 1. The molecule has 19 heavy (non-hydrogen) atoms. The quantitative estimate of drug-likeness (QED) is 0.915. The van der Waals surface area contributed by atoms with E-state index in [9.17, 15) is 8.42 Å². The molecule has 0 amide bonds. The summed E-state index contributed by atoms with van der Waals surface area (Å²) in [7, 11) is -3.61. The maximum atomic E-state index is 12.5. The van der Waals surface area contributed by atoms with Gasteiger partial charge in [-0.05, 0) is 23.6 Å². The minimum absolute atomic E-state index is 0.0344. The topological polar surface area (TPSA) is 76.3 Å². The predicted octanol–water partition coefficient (Wildman–Crippen LogP) is 1.94. The number of nitrogen functional groups attached to an aromatic ring is 1. The number of sulfonamides is 1. The van der Waals surface area contributed by atoms with Gasteiger partial charge in [-0.1, -0.05) is 13.0 Å². The summed E-state index contributed by atoms with van der Waals surface area (Å²) in [5.41, 5.74) is 5.66. The molecule has 0 unspecified atom stereocenters. The lowest BCUT2D eigenvalue weighted by Crippen LogP contribution is -2.30. The van der Waals surface area contributed by atoms with Crippen LogP contribution in [0.4, 0.5) is 5.82 Å². The van der Waals surface area contributed by atoms with Gasteiger partial charge in [-0.15, -0.1) is 11.3 Å². The summed E-state index contributed by atoms with van der Waals surface area (Å²) in [5.74, 6) is 0.0344. The molecule has 0 aliphatic heterocycles. The number of rotatable bonds is 5. The van der Waals surface area contributed by atoms with E-state index in [1.807, 2.05) is 17.5 Å². The van der Waals surface area contributed by atoms with Crippen molar-refractivity contribution in [2.75, 3.05) is 12.3 Å². The molecule has 2 aromatic rings. The first-order valence-corrected chi connectivity index (χ1v) is 8.10. The molecule has 0 saturated carbocycles. The second-order valence-electron chi connectivity index (χ2n) is 3.90. The Morgan fingerprint density at radius 2 is 2.16 bits per heavy atom. The van der Waals surface area contributed by atoms with E-state index >= 15 is 0 Å². The van der Waals surface area contributed by atoms with Crippen LogP contribution in [0.3, 0.4) is 0 Å². The van der Waals surface area contributed by atoms with Crippen molar-refractivity contribution in [3.63, 3.8) is 0 Å². The van der Waals surface area contributed by atoms with Gasteiger partial charge >= 0.3 is 0 Å². The maximum absolute atomic E-state index is 12.5. The minimum atomic E-state index is -3.61. The Labute approximate surface area is 116 Å². The highest BCUT2D eigenvalue weighted by atomic mass is 32.2. The molecule has 5 nitrogen and oxygen atoms in total. The van der Waals surface area contributed by atoms with Crippen LogP contribution in [0.15, 0.2) is 40.7 Å². The van der Waals surface area contributed by atoms with Crippen LogP contribution in [-0.4, -0.2) is 24.3 Å². The zero-order valence-corrected chi connectivity index (χ0v) is 12.1. The molecule has 0 aliphatic rings. The summed E-state index contributed by atoms with van der Waals surface area (Å²) in [4.78, 5) is 4.89. The molecule has 7 heteroatoms. The Hall–Kier alpha value is -1.44. The number of pyridine rings is 1. The lowest BCUT2D eigenvalue weighted by atomic mass is 10.4. The molecule has 0 fully saturated rings. The van der Waals surface area contributed by atoms with E-state index in [1.54, 1.807) is 13.0 Å². The highest BCUT2D eigenvalue weighted by Gasteiger charge is 2.25. The fourth-order valence-electron chi connectivity index (χ4n) is 1.70. The Bertz CT molecular complexity index is 639. The zero-order chi connectivity index (χ0) is 13.9. The van der Waals surface area contributed by atoms with E-state index in [2.05, 4.69) is 4.98 Å². The number of hydrogen-bond donors (Lipinski definition) is 1. The van der Waals surface area contributed by atoms with Crippen molar-refractivity contribution in [3.8, 4) is 0 Å². The van der Waals surface area contributed by atoms with Gasteiger partial charge in [0.2, 0.25) is 10.0 Å². The van der Waals surface area contributed by atoms with E-state index in [4.69, 9.17) is 5.73 Å². The zero-order valence-electron chi connectivity index (χ0n) is 10.5. The summed E-state index contributed by atoms with van der Waals surface area (Å²) in [6, 6.07) is 6.87. The lowest BCUT2D eigenvalue weighted by molar-refractivity contribution is 0.426. The first-order chi connectivity index (χ1) is 9.05. The Morgan fingerprint density at radius 1 is 1.37 bits per heavy atom. The first-order valence-electron chi connectivity index (χ1n) is 5.78. The van der Waals surface area contributed by atoms with Gasteiger partial charge in [0.25, 0.3) is 0 Å². The smallest absolute Gasteiger partial charge is 0.247 e. The number of aromatic nitrogens is 1. The Kier molecular flexibility index (Phi) is 4.18. The summed E-state index contributed by atoms with van der Waals surface area (Å²) in [6.45, 7) is 2.54. The summed E-state index contributed by atoms with van der Waals surface area (Å²) in [5, 5.41) is 1.92. The fraction of sp³-hybridized carbons (Fsp3) is 0.250. The van der Waals surface area contributed by atoms with Crippen LogP contribution in [0, 0.1) is 0 Å². The van der Waals surface area contributed by atoms with Gasteiger partial charge in [0.15, 0.2) is 0 Å². The number of thiophene rings is 1. The second-order valence-corrected chi connectivity index (χ2v) is 6.84. The monoisotopic (exact) mass is 297 g/mol. The number of nitrogens with zero attached hydrogens (tertiary/aromatic N) is 2. The molecule has 0 spiro atoms. The van der Waals surface area contributed by atoms with Crippen LogP contribution >= 0.6 is 11.3 Å². The highest BCUT2D eigenvalue weighted by molar-refractivity contribution is 7.89. The molecule has 0 atom stereocenters. The average molecular weight is 297 g/mol. The third-order valence-electron chi connectivity index (χ3n) is 2.68.